The maximum absolute atomic E-state index is 11.6. The SMILES string of the molecule is CCC(S)C(=O)NC1CCCCC1C. The molecule has 0 saturated heterocycles. The molecule has 0 heterocycles. The van der Waals surface area contributed by atoms with Crippen molar-refractivity contribution in [3.63, 3.8) is 0 Å². The first-order chi connectivity index (χ1) is 6.65. The first-order valence-electron chi connectivity index (χ1n) is 5.63. The van der Waals surface area contributed by atoms with Crippen molar-refractivity contribution in [3.05, 3.63) is 0 Å². The lowest BCUT2D eigenvalue weighted by Gasteiger charge is -2.30. The van der Waals surface area contributed by atoms with Gasteiger partial charge in [0, 0.05) is 6.04 Å². The van der Waals surface area contributed by atoms with Crippen LogP contribution in [0.25, 0.3) is 0 Å². The molecular weight excluding hydrogens is 194 g/mol. The summed E-state index contributed by atoms with van der Waals surface area (Å²) in [5.74, 6) is 0.736. The van der Waals surface area contributed by atoms with Crippen LogP contribution >= 0.6 is 12.6 Å². The van der Waals surface area contributed by atoms with Crippen LogP contribution < -0.4 is 5.32 Å². The fourth-order valence-corrected chi connectivity index (χ4v) is 2.07. The minimum atomic E-state index is -0.135. The van der Waals surface area contributed by atoms with Crippen LogP contribution in [0.3, 0.4) is 0 Å². The van der Waals surface area contributed by atoms with E-state index in [-0.39, 0.29) is 11.2 Å². The zero-order chi connectivity index (χ0) is 10.6. The smallest absolute Gasteiger partial charge is 0.233 e. The van der Waals surface area contributed by atoms with Crippen molar-refractivity contribution >= 4 is 18.5 Å². The average Bonchev–Trinajstić information content (AvgIpc) is 2.20. The minimum Gasteiger partial charge on any atom is -0.352 e. The van der Waals surface area contributed by atoms with Crippen LogP contribution in [0.15, 0.2) is 0 Å². The number of nitrogens with one attached hydrogen (secondary N) is 1. The Labute approximate surface area is 92.2 Å². The summed E-state index contributed by atoms with van der Waals surface area (Å²) in [6.07, 6.45) is 5.74. The Balaban J connectivity index is 2.38. The largest absolute Gasteiger partial charge is 0.352 e. The van der Waals surface area contributed by atoms with E-state index in [4.69, 9.17) is 0 Å². The van der Waals surface area contributed by atoms with Gasteiger partial charge in [0.25, 0.3) is 0 Å². The molecule has 1 aliphatic carbocycles. The lowest BCUT2D eigenvalue weighted by Crippen LogP contribution is -2.44. The summed E-state index contributed by atoms with van der Waals surface area (Å²) in [6, 6.07) is 0.387. The maximum Gasteiger partial charge on any atom is 0.233 e. The summed E-state index contributed by atoms with van der Waals surface area (Å²) in [4.78, 5) is 11.6. The summed E-state index contributed by atoms with van der Waals surface area (Å²) in [5, 5.41) is 2.97. The Morgan fingerprint density at radius 1 is 1.50 bits per heavy atom. The molecular formula is C11H21NOS. The number of carbonyl (C=O) groups is 1. The molecule has 1 N–H and O–H groups in total. The highest BCUT2D eigenvalue weighted by atomic mass is 32.1. The second-order valence-corrected chi connectivity index (χ2v) is 4.92. The van der Waals surface area contributed by atoms with Crippen molar-refractivity contribution < 1.29 is 4.79 Å². The number of hydrogen-bond donors (Lipinski definition) is 2. The van der Waals surface area contributed by atoms with Crippen LogP contribution in [0, 0.1) is 5.92 Å². The molecule has 1 aliphatic rings. The molecule has 1 saturated carbocycles. The number of rotatable bonds is 3. The van der Waals surface area contributed by atoms with E-state index in [2.05, 4.69) is 24.9 Å². The third-order valence-electron chi connectivity index (χ3n) is 3.13. The van der Waals surface area contributed by atoms with Gasteiger partial charge in [-0.25, -0.2) is 0 Å². The van der Waals surface area contributed by atoms with Gasteiger partial charge in [0.2, 0.25) is 5.91 Å². The van der Waals surface area contributed by atoms with E-state index in [9.17, 15) is 4.79 Å². The lowest BCUT2D eigenvalue weighted by atomic mass is 9.86. The molecule has 0 bridgehead atoms. The van der Waals surface area contributed by atoms with Crippen molar-refractivity contribution in [3.8, 4) is 0 Å². The van der Waals surface area contributed by atoms with Gasteiger partial charge in [-0.3, -0.25) is 4.79 Å². The second kappa shape index (κ2) is 5.64. The van der Waals surface area contributed by atoms with Gasteiger partial charge < -0.3 is 5.32 Å². The van der Waals surface area contributed by atoms with Crippen molar-refractivity contribution in [2.24, 2.45) is 5.92 Å². The van der Waals surface area contributed by atoms with Crippen LogP contribution in [0.5, 0.6) is 0 Å². The van der Waals surface area contributed by atoms with Crippen LogP contribution in [-0.2, 0) is 4.79 Å². The normalized spacial score (nSPS) is 29.6. The minimum absolute atomic E-state index is 0.106. The molecule has 3 heteroatoms. The molecule has 0 spiro atoms. The first-order valence-corrected chi connectivity index (χ1v) is 6.15. The van der Waals surface area contributed by atoms with Crippen molar-refractivity contribution in [1.82, 2.24) is 5.32 Å². The zero-order valence-electron chi connectivity index (χ0n) is 9.12. The van der Waals surface area contributed by atoms with Gasteiger partial charge in [-0.1, -0.05) is 26.7 Å². The molecule has 0 aromatic rings. The fourth-order valence-electron chi connectivity index (χ4n) is 2.00. The first kappa shape index (κ1) is 11.9. The van der Waals surface area contributed by atoms with Gasteiger partial charge in [-0.2, -0.15) is 12.6 Å². The predicted molar refractivity (Wildman–Crippen MR) is 62.6 cm³/mol. The van der Waals surface area contributed by atoms with Crippen molar-refractivity contribution in [2.75, 3.05) is 0 Å². The van der Waals surface area contributed by atoms with Gasteiger partial charge >= 0.3 is 0 Å². The number of amides is 1. The standard InChI is InChI=1S/C11H21NOS/c1-3-10(14)11(13)12-9-7-5-4-6-8(9)2/h8-10,14H,3-7H2,1-2H3,(H,12,13). The fraction of sp³-hybridized carbons (Fsp3) is 0.909. The highest BCUT2D eigenvalue weighted by Crippen LogP contribution is 2.23. The lowest BCUT2D eigenvalue weighted by molar-refractivity contribution is -0.121. The van der Waals surface area contributed by atoms with Crippen LogP contribution in [-0.4, -0.2) is 17.2 Å². The topological polar surface area (TPSA) is 29.1 Å². The van der Waals surface area contributed by atoms with Gasteiger partial charge in [0.15, 0.2) is 0 Å². The molecule has 3 unspecified atom stereocenters. The van der Waals surface area contributed by atoms with Gasteiger partial charge in [0.1, 0.15) is 0 Å². The molecule has 1 amide bonds. The Morgan fingerprint density at radius 2 is 2.14 bits per heavy atom. The molecule has 2 nitrogen and oxygen atoms in total. The number of carbonyl (C=O) groups excluding carboxylic acids is 1. The number of thiol groups is 1. The van der Waals surface area contributed by atoms with Crippen LogP contribution in [0.2, 0.25) is 0 Å². The summed E-state index contributed by atoms with van der Waals surface area (Å²) in [6.45, 7) is 4.21. The van der Waals surface area contributed by atoms with Crippen molar-refractivity contribution in [1.29, 1.82) is 0 Å². The Kier molecular flexibility index (Phi) is 4.79. The average molecular weight is 215 g/mol. The monoisotopic (exact) mass is 215 g/mol. The van der Waals surface area contributed by atoms with Crippen molar-refractivity contribution in [2.45, 2.75) is 57.2 Å². The molecule has 0 aromatic carbocycles. The summed E-state index contributed by atoms with van der Waals surface area (Å²) in [5.41, 5.74) is 0. The molecule has 1 rings (SSSR count). The maximum atomic E-state index is 11.6. The Bertz CT molecular complexity index is 196. The van der Waals surface area contributed by atoms with Gasteiger partial charge in [0.05, 0.1) is 5.25 Å². The zero-order valence-corrected chi connectivity index (χ0v) is 10.0. The third-order valence-corrected chi connectivity index (χ3v) is 3.73. The van der Waals surface area contributed by atoms with E-state index < -0.39 is 0 Å². The van der Waals surface area contributed by atoms with E-state index in [1.54, 1.807) is 0 Å². The Morgan fingerprint density at radius 3 is 2.71 bits per heavy atom. The summed E-state index contributed by atoms with van der Waals surface area (Å²) >= 11 is 4.24. The highest BCUT2D eigenvalue weighted by Gasteiger charge is 2.24. The molecule has 3 atom stereocenters. The summed E-state index contributed by atoms with van der Waals surface area (Å²) in [7, 11) is 0. The van der Waals surface area contributed by atoms with Crippen LogP contribution in [0.4, 0.5) is 0 Å². The summed E-state index contributed by atoms with van der Waals surface area (Å²) < 4.78 is 0. The number of hydrogen-bond acceptors (Lipinski definition) is 2. The van der Waals surface area contributed by atoms with E-state index in [1.807, 2.05) is 6.92 Å². The van der Waals surface area contributed by atoms with E-state index >= 15 is 0 Å². The third kappa shape index (κ3) is 3.19. The quantitative estimate of drug-likeness (QED) is 0.695. The van der Waals surface area contributed by atoms with Gasteiger partial charge in [-0.05, 0) is 25.2 Å². The van der Waals surface area contributed by atoms with Gasteiger partial charge in [-0.15, -0.1) is 0 Å². The van der Waals surface area contributed by atoms with E-state index in [0.717, 1.165) is 12.8 Å². The van der Waals surface area contributed by atoms with E-state index in [1.165, 1.54) is 19.3 Å². The second-order valence-electron chi connectivity index (χ2n) is 4.30. The molecule has 14 heavy (non-hydrogen) atoms. The van der Waals surface area contributed by atoms with E-state index in [0.29, 0.717) is 12.0 Å². The van der Waals surface area contributed by atoms with Crippen LogP contribution in [0.1, 0.15) is 46.0 Å². The Hall–Kier alpha value is -0.180. The molecule has 0 aromatic heterocycles. The predicted octanol–water partition coefficient (Wildman–Crippen LogP) is 2.39. The molecule has 82 valence electrons. The molecule has 0 radical (unpaired) electrons. The molecule has 1 fully saturated rings. The highest BCUT2D eigenvalue weighted by molar-refractivity contribution is 7.81. The molecule has 0 aliphatic heterocycles.